The van der Waals surface area contributed by atoms with E-state index in [1.165, 1.54) is 17.7 Å². The smallest absolute Gasteiger partial charge is 0.348 e. The predicted molar refractivity (Wildman–Crippen MR) is 127 cm³/mol. The van der Waals surface area contributed by atoms with Gasteiger partial charge in [0.15, 0.2) is 0 Å². The second-order valence-electron chi connectivity index (χ2n) is 7.64. The summed E-state index contributed by atoms with van der Waals surface area (Å²) < 4.78 is 5.42. The Hall–Kier alpha value is -3.45. The van der Waals surface area contributed by atoms with Crippen LogP contribution in [0.15, 0.2) is 60.9 Å². The highest BCUT2D eigenvalue weighted by Crippen LogP contribution is 2.35. The third-order valence-electron chi connectivity index (χ3n) is 4.67. The maximum absolute atomic E-state index is 12.5. The van der Waals surface area contributed by atoms with E-state index >= 15 is 0 Å². The second-order valence-corrected chi connectivity index (χ2v) is 8.64. The van der Waals surface area contributed by atoms with E-state index < -0.39 is 0 Å². The molecule has 2 N–H and O–H groups in total. The number of hydrogen-bond acceptors (Lipinski definition) is 7. The number of anilines is 4. The van der Waals surface area contributed by atoms with Crippen LogP contribution in [0.25, 0.3) is 10.2 Å². The number of aryl methyl sites for hydroxylation is 1. The van der Waals surface area contributed by atoms with Crippen LogP contribution in [0.5, 0.6) is 0 Å². The van der Waals surface area contributed by atoms with Crippen LogP contribution in [-0.2, 0) is 4.74 Å². The molecule has 6 nitrogen and oxygen atoms in total. The lowest BCUT2D eigenvalue weighted by Gasteiger charge is -2.10. The number of para-hydroxylation sites is 1. The lowest BCUT2D eigenvalue weighted by molar-refractivity contribution is 0.0464. The third kappa shape index (κ3) is 4.83. The van der Waals surface area contributed by atoms with Crippen molar-refractivity contribution in [1.29, 1.82) is 0 Å². The molecular weight excluding hydrogens is 408 g/mol. The Labute approximate surface area is 185 Å². The molecule has 0 aliphatic heterocycles. The molecule has 0 aliphatic carbocycles. The number of carbonyl (C=O) groups excluding carboxylic acids is 1. The van der Waals surface area contributed by atoms with E-state index in [0.717, 1.165) is 32.8 Å². The van der Waals surface area contributed by atoms with Crippen LogP contribution in [0.2, 0.25) is 0 Å². The Balaban J connectivity index is 1.55. The van der Waals surface area contributed by atoms with Crippen molar-refractivity contribution in [3.05, 3.63) is 71.4 Å². The summed E-state index contributed by atoms with van der Waals surface area (Å²) in [5.74, 6) is 0.650. The van der Waals surface area contributed by atoms with Gasteiger partial charge in [0.2, 0.25) is 0 Å². The third-order valence-corrected chi connectivity index (χ3v) is 5.85. The monoisotopic (exact) mass is 432 g/mol. The Morgan fingerprint density at radius 2 is 1.61 bits per heavy atom. The summed E-state index contributed by atoms with van der Waals surface area (Å²) in [6, 6.07) is 18.0. The molecule has 4 rings (SSSR count). The van der Waals surface area contributed by atoms with Gasteiger partial charge < -0.3 is 15.4 Å². The average Bonchev–Trinajstić information content (AvgIpc) is 3.12. The molecule has 0 unspecified atom stereocenters. The summed E-state index contributed by atoms with van der Waals surface area (Å²) in [6.07, 6.45) is 1.51. The lowest BCUT2D eigenvalue weighted by Crippen LogP contribution is -2.09. The molecule has 0 fully saturated rings. The Morgan fingerprint density at radius 1 is 0.968 bits per heavy atom. The molecule has 0 saturated carbocycles. The van der Waals surface area contributed by atoms with Gasteiger partial charge in [-0.2, -0.15) is 0 Å². The minimum atomic E-state index is -0.309. The number of ether oxygens (including phenoxy) is 1. The summed E-state index contributed by atoms with van der Waals surface area (Å²) in [6.45, 7) is 6.33. The predicted octanol–water partition coefficient (Wildman–Crippen LogP) is 6.30. The highest BCUT2D eigenvalue weighted by molar-refractivity contribution is 7.20. The van der Waals surface area contributed by atoms with Gasteiger partial charge >= 0.3 is 5.97 Å². The first kappa shape index (κ1) is 20.8. The summed E-state index contributed by atoms with van der Waals surface area (Å²) in [5.41, 5.74) is 3.75. The van der Waals surface area contributed by atoms with Crippen molar-refractivity contribution in [3.63, 3.8) is 0 Å². The number of hydrogen-bond donors (Lipinski definition) is 2. The van der Waals surface area contributed by atoms with Gasteiger partial charge in [0.05, 0.1) is 12.0 Å². The summed E-state index contributed by atoms with van der Waals surface area (Å²) in [4.78, 5) is 22.6. The lowest BCUT2D eigenvalue weighted by atomic mass is 10.2. The quantitative estimate of drug-likeness (QED) is 0.334. The summed E-state index contributed by atoms with van der Waals surface area (Å²) >= 11 is 1.34. The van der Waals surface area contributed by atoms with Crippen molar-refractivity contribution in [3.8, 4) is 0 Å². The van der Waals surface area contributed by atoms with Gasteiger partial charge in [-0.1, -0.05) is 32.0 Å². The van der Waals surface area contributed by atoms with E-state index in [9.17, 15) is 4.79 Å². The molecule has 158 valence electrons. The molecule has 31 heavy (non-hydrogen) atoms. The zero-order valence-corrected chi connectivity index (χ0v) is 18.5. The van der Waals surface area contributed by atoms with Crippen LogP contribution in [0.4, 0.5) is 22.9 Å². The first-order valence-electron chi connectivity index (χ1n) is 10.1. The molecule has 0 atom stereocenters. The first-order valence-corrected chi connectivity index (χ1v) is 10.9. The fourth-order valence-corrected chi connectivity index (χ4v) is 4.17. The Bertz CT molecular complexity index is 1190. The number of rotatable bonds is 7. The van der Waals surface area contributed by atoms with Crippen molar-refractivity contribution in [2.24, 2.45) is 5.92 Å². The Morgan fingerprint density at radius 3 is 2.29 bits per heavy atom. The minimum Gasteiger partial charge on any atom is -0.461 e. The van der Waals surface area contributed by atoms with Crippen molar-refractivity contribution >= 4 is 50.4 Å². The summed E-state index contributed by atoms with van der Waals surface area (Å²) in [7, 11) is 0. The zero-order chi connectivity index (χ0) is 21.8. The van der Waals surface area contributed by atoms with Gasteiger partial charge in [-0.3, -0.25) is 0 Å². The zero-order valence-electron chi connectivity index (χ0n) is 17.7. The van der Waals surface area contributed by atoms with Crippen LogP contribution < -0.4 is 10.6 Å². The minimum absolute atomic E-state index is 0.287. The number of aromatic nitrogens is 2. The van der Waals surface area contributed by atoms with Crippen molar-refractivity contribution in [1.82, 2.24) is 9.97 Å². The summed E-state index contributed by atoms with van der Waals surface area (Å²) in [5, 5.41) is 7.57. The standard InChI is InChI=1S/C24H24N4O2S/c1-15(2)13-30-24(29)21-16(3)20-22(25-14-26-23(20)31-21)28-19-11-9-18(10-12-19)27-17-7-5-4-6-8-17/h4-12,14-15,27H,13H2,1-3H3,(H,25,26,28). The van der Waals surface area contributed by atoms with Crippen LogP contribution >= 0.6 is 11.3 Å². The van der Waals surface area contributed by atoms with Gasteiger partial charge in [-0.15, -0.1) is 11.3 Å². The van der Waals surface area contributed by atoms with E-state index in [-0.39, 0.29) is 11.9 Å². The van der Waals surface area contributed by atoms with Crippen LogP contribution in [0.1, 0.15) is 29.1 Å². The molecule has 0 saturated heterocycles. The largest absolute Gasteiger partial charge is 0.461 e. The molecule has 0 radical (unpaired) electrons. The number of fused-ring (bicyclic) bond motifs is 1. The van der Waals surface area contributed by atoms with Crippen LogP contribution in [0, 0.1) is 12.8 Å². The highest BCUT2D eigenvalue weighted by Gasteiger charge is 2.20. The van der Waals surface area contributed by atoms with Crippen molar-refractivity contribution in [2.75, 3.05) is 17.2 Å². The van der Waals surface area contributed by atoms with Crippen LogP contribution in [0.3, 0.4) is 0 Å². The fourth-order valence-electron chi connectivity index (χ4n) is 3.13. The van der Waals surface area contributed by atoms with Gasteiger partial charge in [0.1, 0.15) is 21.9 Å². The van der Waals surface area contributed by atoms with E-state index in [1.807, 2.05) is 75.4 Å². The normalized spacial score (nSPS) is 11.0. The molecule has 0 aliphatic rings. The average molecular weight is 433 g/mol. The van der Waals surface area contributed by atoms with Crippen molar-refractivity contribution < 1.29 is 9.53 Å². The molecule has 0 bridgehead atoms. The SMILES string of the molecule is Cc1c(C(=O)OCC(C)C)sc2ncnc(Nc3ccc(Nc4ccccc4)cc3)c12. The van der Waals surface area contributed by atoms with Gasteiger partial charge in [-0.25, -0.2) is 14.8 Å². The maximum atomic E-state index is 12.5. The first-order chi connectivity index (χ1) is 15.0. The number of carbonyl (C=O) groups is 1. The van der Waals surface area contributed by atoms with E-state index in [4.69, 9.17) is 4.74 Å². The van der Waals surface area contributed by atoms with Gasteiger partial charge in [0.25, 0.3) is 0 Å². The van der Waals surface area contributed by atoms with Crippen molar-refractivity contribution in [2.45, 2.75) is 20.8 Å². The number of benzene rings is 2. The molecule has 2 aromatic carbocycles. The molecule has 0 spiro atoms. The van der Waals surface area contributed by atoms with E-state index in [2.05, 4.69) is 20.6 Å². The molecular formula is C24H24N4O2S. The Kier molecular flexibility index (Phi) is 6.13. The van der Waals surface area contributed by atoms with E-state index in [1.54, 1.807) is 0 Å². The van der Waals surface area contributed by atoms with Gasteiger partial charge in [0, 0.05) is 17.1 Å². The number of nitrogens with one attached hydrogen (secondary N) is 2. The van der Waals surface area contributed by atoms with Gasteiger partial charge in [-0.05, 0) is 54.8 Å². The molecule has 7 heteroatoms. The highest BCUT2D eigenvalue weighted by atomic mass is 32.1. The van der Waals surface area contributed by atoms with Crippen LogP contribution in [-0.4, -0.2) is 22.5 Å². The molecule has 4 aromatic rings. The maximum Gasteiger partial charge on any atom is 0.348 e. The molecule has 0 amide bonds. The fraction of sp³-hybridized carbons (Fsp3) is 0.208. The number of thiophene rings is 1. The second kappa shape index (κ2) is 9.14. The number of esters is 1. The topological polar surface area (TPSA) is 76.1 Å². The molecule has 2 heterocycles. The number of nitrogens with zero attached hydrogens (tertiary/aromatic N) is 2. The van der Waals surface area contributed by atoms with E-state index in [0.29, 0.717) is 17.3 Å². The molecule has 2 aromatic heterocycles.